The van der Waals surface area contributed by atoms with Crippen molar-refractivity contribution >= 4 is 6.98 Å². The maximum absolute atomic E-state index is 10.5. The van der Waals surface area contributed by atoms with Crippen LogP contribution in [0.1, 0.15) is 6.92 Å². The van der Waals surface area contributed by atoms with E-state index in [1.165, 1.54) is 0 Å². The van der Waals surface area contributed by atoms with Gasteiger partial charge in [-0.2, -0.15) is 0 Å². The number of nitriles is 1. The van der Waals surface area contributed by atoms with Crippen molar-refractivity contribution in [1.29, 1.82) is 5.26 Å². The van der Waals surface area contributed by atoms with Crippen LogP contribution in [-0.2, 0) is 13.6 Å². The number of aromatic nitrogens is 2. The second-order valence-corrected chi connectivity index (χ2v) is 2.61. The van der Waals surface area contributed by atoms with Gasteiger partial charge in [-0.15, -0.1) is 0 Å². The van der Waals surface area contributed by atoms with E-state index in [1.54, 1.807) is 0 Å². The molecule has 0 atom stereocenters. The molecule has 1 rings (SSSR count). The lowest BCUT2D eigenvalue weighted by molar-refractivity contribution is -0.671. The first-order chi connectivity index (χ1) is 6.39. The molecular formula is C7H11BF3N3. The molecule has 0 bridgehead atoms. The van der Waals surface area contributed by atoms with E-state index in [-0.39, 0.29) is 5.97 Å². The Morgan fingerprint density at radius 1 is 1.50 bits per heavy atom. The number of hydrogen-bond donors (Lipinski definition) is 0. The summed E-state index contributed by atoms with van der Waals surface area (Å²) in [4.78, 5) is 0. The van der Waals surface area contributed by atoms with Crippen LogP contribution in [0.2, 0.25) is 0 Å². The summed E-state index contributed by atoms with van der Waals surface area (Å²) in [6.07, 6.45) is 6.14. The van der Waals surface area contributed by atoms with Crippen molar-refractivity contribution in [2.45, 2.75) is 13.5 Å². The van der Waals surface area contributed by atoms with E-state index in [0.717, 1.165) is 6.54 Å². The Balaban J connectivity index is 0.000000255. The van der Waals surface area contributed by atoms with Crippen molar-refractivity contribution in [2.75, 3.05) is 0 Å². The summed E-state index contributed by atoms with van der Waals surface area (Å²) in [6.45, 7) is -2.00. The lowest BCUT2D eigenvalue weighted by Gasteiger charge is -1.96. The zero-order valence-electron chi connectivity index (χ0n) is 7.99. The van der Waals surface area contributed by atoms with E-state index in [1.807, 2.05) is 17.8 Å². The third-order valence-corrected chi connectivity index (χ3v) is 1.34. The second kappa shape index (κ2) is 5.32. The molecule has 78 valence electrons. The highest BCUT2D eigenvalue weighted by Gasteiger charge is 2.20. The van der Waals surface area contributed by atoms with Crippen LogP contribution in [0.15, 0.2) is 18.7 Å². The van der Waals surface area contributed by atoms with Gasteiger partial charge in [0.15, 0.2) is 0 Å². The Morgan fingerprint density at radius 2 is 2.00 bits per heavy atom. The fourth-order valence-corrected chi connectivity index (χ4v) is 0.689. The molecule has 14 heavy (non-hydrogen) atoms. The van der Waals surface area contributed by atoms with Gasteiger partial charge in [-0.05, 0) is 12.9 Å². The summed E-state index contributed by atoms with van der Waals surface area (Å²) in [6, 6.07) is 0. The predicted molar refractivity (Wildman–Crippen MR) is 46.0 cm³/mol. The van der Waals surface area contributed by atoms with Crippen molar-refractivity contribution in [2.24, 2.45) is 7.05 Å². The number of aryl methyl sites for hydroxylation is 2. The normalized spacial score (nSPS) is 10.0. The highest BCUT2D eigenvalue weighted by molar-refractivity contribution is 6.66. The summed E-state index contributed by atoms with van der Waals surface area (Å²) >= 11 is 0. The number of halogens is 3. The number of rotatable bonds is 1. The van der Waals surface area contributed by atoms with E-state index in [0.29, 0.717) is 0 Å². The van der Waals surface area contributed by atoms with Gasteiger partial charge in [-0.25, -0.2) is 14.4 Å². The van der Waals surface area contributed by atoms with Crippen LogP contribution in [-0.4, -0.2) is 11.5 Å². The third-order valence-electron chi connectivity index (χ3n) is 1.34. The summed E-state index contributed by atoms with van der Waals surface area (Å²) in [5.74, 6) is 0.167. The average Bonchev–Trinajstić information content (AvgIpc) is 2.51. The van der Waals surface area contributed by atoms with Gasteiger partial charge in [0.2, 0.25) is 6.33 Å². The van der Waals surface area contributed by atoms with E-state index in [9.17, 15) is 12.9 Å². The Hall–Kier alpha value is -1.45. The van der Waals surface area contributed by atoms with E-state index >= 15 is 0 Å². The fourth-order valence-electron chi connectivity index (χ4n) is 0.689. The molecule has 0 unspecified atom stereocenters. The third kappa shape index (κ3) is 6.11. The molecule has 1 heterocycles. The summed E-state index contributed by atoms with van der Waals surface area (Å²) in [5.41, 5.74) is 0. The average molecular weight is 205 g/mol. The van der Waals surface area contributed by atoms with Crippen molar-refractivity contribution in [3.63, 3.8) is 0 Å². The van der Waals surface area contributed by atoms with Crippen LogP contribution in [0.4, 0.5) is 12.9 Å². The van der Waals surface area contributed by atoms with E-state index in [2.05, 4.69) is 24.0 Å². The number of hydrogen-bond acceptors (Lipinski definition) is 1. The Labute approximate surface area is 80.4 Å². The smallest absolute Gasteiger partial charge is 0.436 e. The molecule has 3 nitrogen and oxygen atoms in total. The Morgan fingerprint density at radius 3 is 2.14 bits per heavy atom. The molecule has 0 spiro atoms. The van der Waals surface area contributed by atoms with Crippen molar-refractivity contribution in [3.8, 4) is 5.97 Å². The molecular weight excluding hydrogens is 194 g/mol. The molecule has 0 radical (unpaired) electrons. The fraction of sp³-hybridized carbons (Fsp3) is 0.429. The predicted octanol–water partition coefficient (Wildman–Crippen LogP) is 1.23. The summed E-state index contributed by atoms with van der Waals surface area (Å²) in [7, 11) is 2.02. The van der Waals surface area contributed by atoms with Gasteiger partial charge in [0, 0.05) is 0 Å². The van der Waals surface area contributed by atoms with Crippen LogP contribution in [0, 0.1) is 11.2 Å². The first-order valence-corrected chi connectivity index (χ1v) is 4.00. The molecule has 0 N–H and O–H groups in total. The SMILES string of the molecule is CCn1cc[n+](C)c1.N#C[B-](F)(F)F. The maximum atomic E-state index is 10.5. The molecule has 0 fully saturated rings. The van der Waals surface area contributed by atoms with Gasteiger partial charge in [0.25, 0.3) is 0 Å². The van der Waals surface area contributed by atoms with Gasteiger partial charge in [0.1, 0.15) is 12.4 Å². The van der Waals surface area contributed by atoms with E-state index in [4.69, 9.17) is 5.26 Å². The molecule has 1 aromatic rings. The summed E-state index contributed by atoms with van der Waals surface area (Å²) < 4.78 is 35.6. The molecule has 1 aromatic heterocycles. The lowest BCUT2D eigenvalue weighted by atomic mass is 9.97. The molecule has 0 saturated heterocycles. The van der Waals surface area contributed by atoms with Crippen molar-refractivity contribution in [3.05, 3.63) is 18.7 Å². The van der Waals surface area contributed by atoms with Crippen LogP contribution in [0.3, 0.4) is 0 Å². The van der Waals surface area contributed by atoms with Gasteiger partial charge in [-0.1, -0.05) is 0 Å². The zero-order chi connectivity index (χ0) is 11.2. The monoisotopic (exact) mass is 205 g/mol. The molecule has 0 aromatic carbocycles. The zero-order valence-corrected chi connectivity index (χ0v) is 7.99. The van der Waals surface area contributed by atoms with Crippen LogP contribution in [0.25, 0.3) is 0 Å². The maximum Gasteiger partial charge on any atom is 0.584 e. The minimum atomic E-state index is -5.18. The van der Waals surface area contributed by atoms with Gasteiger partial charge < -0.3 is 12.9 Å². The summed E-state index contributed by atoms with van der Waals surface area (Å²) in [5, 5.41) is 7.06. The standard InChI is InChI=1S/C6H11N2.CBF3N/c1-3-8-5-4-7(2)6-8;3-2(4,5)1-6/h4-6H,3H2,1-2H3;/q+1;-1. The second-order valence-electron chi connectivity index (χ2n) is 2.61. The number of nitrogens with zero attached hydrogens (tertiary/aromatic N) is 3. The molecule has 0 aliphatic rings. The van der Waals surface area contributed by atoms with Crippen LogP contribution >= 0.6 is 0 Å². The van der Waals surface area contributed by atoms with Crippen molar-refractivity contribution in [1.82, 2.24) is 4.57 Å². The quantitative estimate of drug-likeness (QED) is 0.501. The molecule has 7 heteroatoms. The van der Waals surface area contributed by atoms with E-state index < -0.39 is 6.98 Å². The minimum absolute atomic E-state index is 0.167. The van der Waals surface area contributed by atoms with Gasteiger partial charge >= 0.3 is 6.98 Å². The Bertz CT molecular complexity index is 313. The first kappa shape index (κ1) is 12.6. The van der Waals surface area contributed by atoms with Gasteiger partial charge in [0.05, 0.1) is 13.6 Å². The molecule has 0 aliphatic carbocycles. The Kier molecular flexibility index (Phi) is 4.77. The first-order valence-electron chi connectivity index (χ1n) is 4.00. The topological polar surface area (TPSA) is 32.6 Å². The minimum Gasteiger partial charge on any atom is -0.436 e. The van der Waals surface area contributed by atoms with Crippen LogP contribution < -0.4 is 4.57 Å². The van der Waals surface area contributed by atoms with Crippen LogP contribution in [0.5, 0.6) is 0 Å². The molecule has 0 amide bonds. The lowest BCUT2D eigenvalue weighted by Crippen LogP contribution is -2.23. The number of imidazole rings is 1. The highest BCUT2D eigenvalue weighted by atomic mass is 19.4. The van der Waals surface area contributed by atoms with Crippen molar-refractivity contribution < 1.29 is 17.5 Å². The molecule has 0 aliphatic heterocycles. The molecule has 0 saturated carbocycles. The van der Waals surface area contributed by atoms with Gasteiger partial charge in [-0.3, -0.25) is 0 Å². The largest absolute Gasteiger partial charge is 0.584 e. The highest BCUT2D eigenvalue weighted by Crippen LogP contribution is 2.03.